The Bertz CT molecular complexity index is 304. The van der Waals surface area contributed by atoms with Crippen molar-refractivity contribution in [2.45, 2.75) is 6.92 Å². The molecule has 12 heavy (non-hydrogen) atoms. The Morgan fingerprint density at radius 1 is 1.58 bits per heavy atom. The number of aromatic nitrogens is 1. The van der Waals surface area contributed by atoms with Crippen molar-refractivity contribution < 1.29 is 9.90 Å². The van der Waals surface area contributed by atoms with Crippen LogP contribution >= 0.6 is 0 Å². The zero-order valence-electron chi connectivity index (χ0n) is 6.69. The average Bonchev–Trinajstić information content (AvgIpc) is 2.05. The van der Waals surface area contributed by atoms with Crippen molar-refractivity contribution in [3.05, 3.63) is 36.2 Å². The first-order valence-corrected chi connectivity index (χ1v) is 3.53. The molecule has 0 saturated heterocycles. The van der Waals surface area contributed by atoms with Gasteiger partial charge in [0.15, 0.2) is 0 Å². The first-order valence-electron chi connectivity index (χ1n) is 3.53. The van der Waals surface area contributed by atoms with Crippen LogP contribution in [-0.2, 0) is 4.79 Å². The molecule has 0 spiro atoms. The van der Waals surface area contributed by atoms with Crippen LogP contribution in [0.2, 0.25) is 0 Å². The highest BCUT2D eigenvalue weighted by Gasteiger charge is 1.97. The van der Waals surface area contributed by atoms with E-state index in [1.165, 1.54) is 0 Å². The summed E-state index contributed by atoms with van der Waals surface area (Å²) in [6, 6.07) is 5.38. The maximum absolute atomic E-state index is 10.3. The molecule has 1 aromatic rings. The van der Waals surface area contributed by atoms with Crippen molar-refractivity contribution in [1.29, 1.82) is 0 Å². The third-order valence-electron chi connectivity index (χ3n) is 1.41. The van der Waals surface area contributed by atoms with Crippen molar-refractivity contribution in [1.82, 2.24) is 4.98 Å². The Morgan fingerprint density at radius 3 is 2.83 bits per heavy atom. The van der Waals surface area contributed by atoms with E-state index >= 15 is 0 Å². The van der Waals surface area contributed by atoms with Crippen molar-refractivity contribution in [2.75, 3.05) is 0 Å². The van der Waals surface area contributed by atoms with Crippen molar-refractivity contribution in [3.8, 4) is 0 Å². The highest BCUT2D eigenvalue weighted by molar-refractivity contribution is 5.88. The largest absolute Gasteiger partial charge is 0.478 e. The summed E-state index contributed by atoms with van der Waals surface area (Å²) in [6.07, 6.45) is 2.77. The smallest absolute Gasteiger partial charge is 0.328 e. The molecular weight excluding hydrogens is 154 g/mol. The minimum absolute atomic E-state index is 0.656. The van der Waals surface area contributed by atoms with E-state index in [2.05, 4.69) is 4.98 Å². The molecule has 3 heteroatoms. The Kier molecular flexibility index (Phi) is 2.58. The Balaban J connectivity index is 2.93. The Labute approximate surface area is 70.4 Å². The quantitative estimate of drug-likeness (QED) is 0.673. The number of allylic oxidation sites excluding steroid dienone is 1. The van der Waals surface area contributed by atoms with E-state index in [1.54, 1.807) is 25.3 Å². The van der Waals surface area contributed by atoms with E-state index in [4.69, 9.17) is 5.11 Å². The molecule has 1 aromatic heterocycles. The van der Waals surface area contributed by atoms with Crippen LogP contribution in [0, 0.1) is 0 Å². The fourth-order valence-electron chi connectivity index (χ4n) is 0.855. The standard InChI is InChI=1S/C9H9NO2/c1-7(6-9(11)12)8-4-2-3-5-10-8/h2-6H,1H3,(H,11,12). The van der Waals surface area contributed by atoms with Gasteiger partial charge in [-0.3, -0.25) is 4.98 Å². The van der Waals surface area contributed by atoms with Crippen LogP contribution < -0.4 is 0 Å². The molecule has 0 saturated carbocycles. The third-order valence-corrected chi connectivity index (χ3v) is 1.41. The van der Waals surface area contributed by atoms with E-state index in [-0.39, 0.29) is 0 Å². The van der Waals surface area contributed by atoms with Crippen LogP contribution in [0.15, 0.2) is 30.5 Å². The second kappa shape index (κ2) is 3.67. The molecule has 62 valence electrons. The fourth-order valence-corrected chi connectivity index (χ4v) is 0.855. The van der Waals surface area contributed by atoms with Gasteiger partial charge in [-0.2, -0.15) is 0 Å². The summed E-state index contributed by atoms with van der Waals surface area (Å²) in [4.78, 5) is 14.3. The van der Waals surface area contributed by atoms with Gasteiger partial charge in [0.25, 0.3) is 0 Å². The van der Waals surface area contributed by atoms with Gasteiger partial charge in [0.2, 0.25) is 0 Å². The highest BCUT2D eigenvalue weighted by atomic mass is 16.4. The predicted octanol–water partition coefficient (Wildman–Crippen LogP) is 1.57. The molecule has 1 rings (SSSR count). The summed E-state index contributed by atoms with van der Waals surface area (Å²) in [7, 11) is 0. The average molecular weight is 163 g/mol. The van der Waals surface area contributed by atoms with E-state index in [0.717, 1.165) is 6.08 Å². The molecular formula is C9H9NO2. The molecule has 0 aliphatic heterocycles. The number of rotatable bonds is 2. The molecule has 0 atom stereocenters. The summed E-state index contributed by atoms with van der Waals surface area (Å²) in [5, 5.41) is 8.44. The lowest BCUT2D eigenvalue weighted by atomic mass is 10.2. The Hall–Kier alpha value is -1.64. The number of carbonyl (C=O) groups is 1. The number of aliphatic carboxylic acids is 1. The first-order chi connectivity index (χ1) is 5.70. The molecule has 0 unspecified atom stereocenters. The van der Waals surface area contributed by atoms with E-state index in [9.17, 15) is 4.79 Å². The van der Waals surface area contributed by atoms with Crippen LogP contribution in [0.5, 0.6) is 0 Å². The monoisotopic (exact) mass is 163 g/mol. The predicted molar refractivity (Wildman–Crippen MR) is 45.5 cm³/mol. The molecule has 0 amide bonds. The normalized spacial score (nSPS) is 11.2. The summed E-state index contributed by atoms with van der Waals surface area (Å²) in [5.41, 5.74) is 1.35. The van der Waals surface area contributed by atoms with Gasteiger partial charge < -0.3 is 5.11 Å². The number of nitrogens with zero attached hydrogens (tertiary/aromatic N) is 1. The number of hydrogen-bond acceptors (Lipinski definition) is 2. The van der Waals surface area contributed by atoms with Crippen molar-refractivity contribution >= 4 is 11.5 Å². The lowest BCUT2D eigenvalue weighted by Crippen LogP contribution is -1.91. The van der Waals surface area contributed by atoms with Gasteiger partial charge in [0.1, 0.15) is 0 Å². The molecule has 1 N–H and O–H groups in total. The lowest BCUT2D eigenvalue weighted by molar-refractivity contribution is -0.131. The minimum Gasteiger partial charge on any atom is -0.478 e. The Morgan fingerprint density at radius 2 is 2.33 bits per heavy atom. The molecule has 0 fully saturated rings. The van der Waals surface area contributed by atoms with E-state index in [0.29, 0.717) is 11.3 Å². The number of carboxylic acid groups (broad SMARTS) is 1. The molecule has 3 nitrogen and oxygen atoms in total. The van der Waals surface area contributed by atoms with Gasteiger partial charge in [-0.25, -0.2) is 4.79 Å². The van der Waals surface area contributed by atoms with Gasteiger partial charge in [-0.1, -0.05) is 6.07 Å². The molecule has 0 aliphatic rings. The molecule has 1 heterocycles. The fraction of sp³-hybridized carbons (Fsp3) is 0.111. The van der Waals surface area contributed by atoms with Crippen molar-refractivity contribution in [3.63, 3.8) is 0 Å². The SMILES string of the molecule is CC(=CC(=O)O)c1ccccn1. The topological polar surface area (TPSA) is 50.2 Å². The van der Waals surface area contributed by atoms with Crippen LogP contribution in [0.4, 0.5) is 0 Å². The van der Waals surface area contributed by atoms with Gasteiger partial charge in [0, 0.05) is 12.3 Å². The maximum Gasteiger partial charge on any atom is 0.328 e. The summed E-state index contributed by atoms with van der Waals surface area (Å²) < 4.78 is 0. The summed E-state index contributed by atoms with van der Waals surface area (Å²) in [6.45, 7) is 1.72. The van der Waals surface area contributed by atoms with Crippen LogP contribution in [0.1, 0.15) is 12.6 Å². The number of carboxylic acids is 1. The van der Waals surface area contributed by atoms with Gasteiger partial charge in [-0.15, -0.1) is 0 Å². The second-order valence-electron chi connectivity index (χ2n) is 2.38. The maximum atomic E-state index is 10.3. The molecule has 0 aromatic carbocycles. The van der Waals surface area contributed by atoms with Gasteiger partial charge in [0.05, 0.1) is 5.69 Å². The van der Waals surface area contributed by atoms with Gasteiger partial charge >= 0.3 is 5.97 Å². The number of hydrogen-bond donors (Lipinski definition) is 1. The first kappa shape index (κ1) is 8.46. The summed E-state index contributed by atoms with van der Waals surface area (Å²) >= 11 is 0. The molecule has 0 radical (unpaired) electrons. The minimum atomic E-state index is -0.946. The van der Waals surface area contributed by atoms with E-state index < -0.39 is 5.97 Å². The zero-order chi connectivity index (χ0) is 8.97. The second-order valence-corrected chi connectivity index (χ2v) is 2.38. The zero-order valence-corrected chi connectivity index (χ0v) is 6.69. The lowest BCUT2D eigenvalue weighted by Gasteiger charge is -1.96. The van der Waals surface area contributed by atoms with Crippen LogP contribution in [-0.4, -0.2) is 16.1 Å². The van der Waals surface area contributed by atoms with Crippen LogP contribution in [0.25, 0.3) is 5.57 Å². The summed E-state index contributed by atoms with van der Waals surface area (Å²) in [5.74, 6) is -0.946. The van der Waals surface area contributed by atoms with Crippen molar-refractivity contribution in [2.24, 2.45) is 0 Å². The van der Waals surface area contributed by atoms with E-state index in [1.807, 2.05) is 6.07 Å². The highest BCUT2D eigenvalue weighted by Crippen LogP contribution is 2.08. The number of pyridine rings is 1. The van der Waals surface area contributed by atoms with Crippen LogP contribution in [0.3, 0.4) is 0 Å². The third kappa shape index (κ3) is 2.20. The molecule has 0 bridgehead atoms. The van der Waals surface area contributed by atoms with Gasteiger partial charge in [-0.05, 0) is 24.6 Å². The molecule has 0 aliphatic carbocycles.